The van der Waals surface area contributed by atoms with E-state index in [0.717, 1.165) is 18.6 Å². The van der Waals surface area contributed by atoms with Crippen molar-refractivity contribution >= 4 is 0 Å². The van der Waals surface area contributed by atoms with Crippen molar-refractivity contribution in [3.05, 3.63) is 35.1 Å². The SMILES string of the molecule is CC(O)CCCNCc1cc(F)c(F)c(F)c1. The molecule has 96 valence electrons. The molecule has 1 aromatic carbocycles. The molecule has 1 unspecified atom stereocenters. The monoisotopic (exact) mass is 247 g/mol. The quantitative estimate of drug-likeness (QED) is 0.597. The van der Waals surface area contributed by atoms with Gasteiger partial charge in [-0.1, -0.05) is 0 Å². The highest BCUT2D eigenvalue weighted by atomic mass is 19.2. The molecule has 0 aliphatic heterocycles. The maximum atomic E-state index is 12.8. The molecule has 0 aliphatic rings. The van der Waals surface area contributed by atoms with Gasteiger partial charge in [0.25, 0.3) is 0 Å². The van der Waals surface area contributed by atoms with Crippen molar-refractivity contribution in [3.8, 4) is 0 Å². The van der Waals surface area contributed by atoms with E-state index in [1.54, 1.807) is 6.92 Å². The maximum Gasteiger partial charge on any atom is 0.194 e. The number of nitrogens with one attached hydrogen (secondary N) is 1. The lowest BCUT2D eigenvalue weighted by atomic mass is 10.2. The molecule has 0 saturated carbocycles. The van der Waals surface area contributed by atoms with Crippen molar-refractivity contribution in [1.82, 2.24) is 5.32 Å². The van der Waals surface area contributed by atoms with Crippen molar-refractivity contribution in [2.45, 2.75) is 32.4 Å². The smallest absolute Gasteiger partial charge is 0.194 e. The summed E-state index contributed by atoms with van der Waals surface area (Å²) < 4.78 is 38.3. The number of hydrogen-bond donors (Lipinski definition) is 2. The third-order valence-corrected chi connectivity index (χ3v) is 2.35. The normalized spacial score (nSPS) is 12.8. The number of rotatable bonds is 6. The summed E-state index contributed by atoms with van der Waals surface area (Å²) in [4.78, 5) is 0. The minimum absolute atomic E-state index is 0.272. The summed E-state index contributed by atoms with van der Waals surface area (Å²) in [6.45, 7) is 2.60. The molecule has 0 fully saturated rings. The lowest BCUT2D eigenvalue weighted by molar-refractivity contribution is 0.181. The lowest BCUT2D eigenvalue weighted by Crippen LogP contribution is -2.16. The van der Waals surface area contributed by atoms with Gasteiger partial charge in [0.1, 0.15) is 0 Å². The summed E-state index contributed by atoms with van der Waals surface area (Å²) in [5, 5.41) is 12.0. The van der Waals surface area contributed by atoms with E-state index in [1.165, 1.54) is 0 Å². The van der Waals surface area contributed by atoms with E-state index in [0.29, 0.717) is 18.5 Å². The van der Waals surface area contributed by atoms with Crippen LogP contribution in [0.4, 0.5) is 13.2 Å². The minimum atomic E-state index is -1.44. The van der Waals surface area contributed by atoms with E-state index in [1.807, 2.05) is 0 Å². The fourth-order valence-corrected chi connectivity index (χ4v) is 1.47. The Morgan fingerprint density at radius 1 is 1.24 bits per heavy atom. The molecule has 0 aromatic heterocycles. The molecule has 17 heavy (non-hydrogen) atoms. The second-order valence-electron chi connectivity index (χ2n) is 4.04. The van der Waals surface area contributed by atoms with E-state index in [-0.39, 0.29) is 12.6 Å². The summed E-state index contributed by atoms with van der Waals surface area (Å²) in [5.74, 6) is -3.79. The highest BCUT2D eigenvalue weighted by molar-refractivity contribution is 5.19. The zero-order chi connectivity index (χ0) is 12.8. The first-order valence-corrected chi connectivity index (χ1v) is 5.53. The van der Waals surface area contributed by atoms with Crippen molar-refractivity contribution in [3.63, 3.8) is 0 Å². The fraction of sp³-hybridized carbons (Fsp3) is 0.500. The average molecular weight is 247 g/mol. The Morgan fingerprint density at radius 3 is 2.35 bits per heavy atom. The topological polar surface area (TPSA) is 32.3 Å². The summed E-state index contributed by atoms with van der Waals surface area (Å²) in [7, 11) is 0. The van der Waals surface area contributed by atoms with Gasteiger partial charge in [0.2, 0.25) is 0 Å². The van der Waals surface area contributed by atoms with Gasteiger partial charge >= 0.3 is 0 Å². The molecule has 0 saturated heterocycles. The molecular formula is C12H16F3NO. The first kappa shape index (κ1) is 14.0. The van der Waals surface area contributed by atoms with Gasteiger partial charge in [0.15, 0.2) is 17.5 Å². The minimum Gasteiger partial charge on any atom is -0.393 e. The van der Waals surface area contributed by atoms with Gasteiger partial charge in [-0.2, -0.15) is 0 Å². The molecule has 0 bridgehead atoms. The zero-order valence-corrected chi connectivity index (χ0v) is 9.64. The highest BCUT2D eigenvalue weighted by Gasteiger charge is 2.09. The molecule has 1 rings (SSSR count). The molecule has 0 radical (unpaired) electrons. The Morgan fingerprint density at radius 2 is 1.82 bits per heavy atom. The van der Waals surface area contributed by atoms with Gasteiger partial charge < -0.3 is 10.4 Å². The first-order valence-electron chi connectivity index (χ1n) is 5.53. The van der Waals surface area contributed by atoms with Crippen LogP contribution in [0, 0.1) is 17.5 Å². The largest absolute Gasteiger partial charge is 0.393 e. The predicted molar refractivity (Wildman–Crippen MR) is 58.9 cm³/mol. The summed E-state index contributed by atoms with van der Waals surface area (Å²) >= 11 is 0. The van der Waals surface area contributed by atoms with Crippen LogP contribution in [0.3, 0.4) is 0 Å². The Hall–Kier alpha value is -1.07. The number of hydrogen-bond acceptors (Lipinski definition) is 2. The van der Waals surface area contributed by atoms with Gasteiger partial charge in [-0.05, 0) is 44.0 Å². The van der Waals surface area contributed by atoms with Crippen LogP contribution in [0.25, 0.3) is 0 Å². The third kappa shape index (κ3) is 4.75. The van der Waals surface area contributed by atoms with Crippen LogP contribution in [-0.2, 0) is 6.54 Å². The molecule has 0 heterocycles. The molecule has 2 nitrogen and oxygen atoms in total. The van der Waals surface area contributed by atoms with Gasteiger partial charge in [-0.3, -0.25) is 0 Å². The van der Waals surface area contributed by atoms with Crippen molar-refractivity contribution < 1.29 is 18.3 Å². The molecule has 0 aliphatic carbocycles. The van der Waals surface area contributed by atoms with Crippen LogP contribution >= 0.6 is 0 Å². The van der Waals surface area contributed by atoms with Crippen LogP contribution in [0.5, 0.6) is 0 Å². The van der Waals surface area contributed by atoms with Gasteiger partial charge in [0.05, 0.1) is 6.10 Å². The van der Waals surface area contributed by atoms with Crippen molar-refractivity contribution in [2.24, 2.45) is 0 Å². The second-order valence-corrected chi connectivity index (χ2v) is 4.04. The number of aliphatic hydroxyl groups is 1. The number of halogens is 3. The van der Waals surface area contributed by atoms with Crippen molar-refractivity contribution in [1.29, 1.82) is 0 Å². The highest BCUT2D eigenvalue weighted by Crippen LogP contribution is 2.13. The van der Waals surface area contributed by atoms with E-state index in [4.69, 9.17) is 5.11 Å². The molecule has 1 atom stereocenters. The van der Waals surface area contributed by atoms with Crippen LogP contribution in [0.1, 0.15) is 25.3 Å². The van der Waals surface area contributed by atoms with Gasteiger partial charge in [-0.25, -0.2) is 13.2 Å². The van der Waals surface area contributed by atoms with Crippen LogP contribution in [-0.4, -0.2) is 17.8 Å². The predicted octanol–water partition coefficient (Wildman–Crippen LogP) is 2.35. The van der Waals surface area contributed by atoms with E-state index >= 15 is 0 Å². The van der Waals surface area contributed by atoms with Crippen LogP contribution in [0.2, 0.25) is 0 Å². The van der Waals surface area contributed by atoms with E-state index < -0.39 is 17.5 Å². The standard InChI is InChI=1S/C12H16F3NO/c1-8(17)3-2-4-16-7-9-5-10(13)12(15)11(14)6-9/h5-6,8,16-17H,2-4,7H2,1H3. The summed E-state index contributed by atoms with van der Waals surface area (Å²) in [6, 6.07) is 1.94. The Bertz CT molecular complexity index is 346. The lowest BCUT2D eigenvalue weighted by Gasteiger charge is -2.07. The summed E-state index contributed by atoms with van der Waals surface area (Å²) in [5.41, 5.74) is 0.360. The van der Waals surface area contributed by atoms with E-state index in [9.17, 15) is 13.2 Å². The zero-order valence-electron chi connectivity index (χ0n) is 9.64. The summed E-state index contributed by atoms with van der Waals surface area (Å²) in [6.07, 6.45) is 1.08. The molecule has 5 heteroatoms. The number of benzene rings is 1. The molecule has 2 N–H and O–H groups in total. The van der Waals surface area contributed by atoms with Gasteiger partial charge in [0, 0.05) is 6.54 Å². The molecule has 0 spiro atoms. The molecule has 0 amide bonds. The average Bonchev–Trinajstić information content (AvgIpc) is 2.25. The number of aliphatic hydroxyl groups excluding tert-OH is 1. The maximum absolute atomic E-state index is 12.8. The molecular weight excluding hydrogens is 231 g/mol. The van der Waals surface area contributed by atoms with Crippen LogP contribution < -0.4 is 5.32 Å². The fourth-order valence-electron chi connectivity index (χ4n) is 1.47. The Kier molecular flexibility index (Phi) is 5.44. The second kappa shape index (κ2) is 6.61. The van der Waals surface area contributed by atoms with Gasteiger partial charge in [-0.15, -0.1) is 0 Å². The van der Waals surface area contributed by atoms with E-state index in [2.05, 4.69) is 5.32 Å². The third-order valence-electron chi connectivity index (χ3n) is 2.35. The van der Waals surface area contributed by atoms with Crippen LogP contribution in [0.15, 0.2) is 12.1 Å². The first-order chi connectivity index (χ1) is 8.00. The molecule has 1 aromatic rings. The Labute approximate surface area is 98.5 Å². The Balaban J connectivity index is 2.37. The van der Waals surface area contributed by atoms with Crippen molar-refractivity contribution in [2.75, 3.05) is 6.54 Å².